The van der Waals surface area contributed by atoms with Crippen LogP contribution in [0, 0.1) is 12.3 Å². The third kappa shape index (κ3) is 6.28. The molecule has 0 radical (unpaired) electrons. The first-order chi connectivity index (χ1) is 27.7. The maximum Gasteiger partial charge on any atom is 0.0493 e. The van der Waals surface area contributed by atoms with Crippen molar-refractivity contribution in [1.82, 2.24) is 0 Å². The van der Waals surface area contributed by atoms with Crippen molar-refractivity contribution in [3.63, 3.8) is 0 Å². The van der Waals surface area contributed by atoms with Crippen molar-refractivity contribution >= 4 is 82.1 Å². The molecule has 0 amide bonds. The number of allylic oxidation sites excluding steroid dienone is 6. The summed E-state index contributed by atoms with van der Waals surface area (Å²) in [5.41, 5.74) is 12.3. The fourth-order valence-corrected chi connectivity index (χ4v) is 10.7. The molecule has 0 saturated carbocycles. The molecule has 1 nitrogen and oxygen atoms in total. The van der Waals surface area contributed by atoms with Crippen LogP contribution in [0.5, 0.6) is 0 Å². The minimum Gasteiger partial charge on any atom is -0.336 e. The van der Waals surface area contributed by atoms with Gasteiger partial charge < -0.3 is 4.90 Å². The highest BCUT2D eigenvalue weighted by molar-refractivity contribution is 8.00. The molecule has 0 spiro atoms. The number of anilines is 2. The van der Waals surface area contributed by atoms with Crippen LogP contribution in [0.3, 0.4) is 0 Å². The molecule has 2 aliphatic rings. The van der Waals surface area contributed by atoms with E-state index in [4.69, 9.17) is 6.42 Å². The van der Waals surface area contributed by atoms with Gasteiger partial charge in [-0.05, 0) is 111 Å². The first kappa shape index (κ1) is 34.2. The molecule has 56 heavy (non-hydrogen) atoms. The Labute approximate surface area is 336 Å². The zero-order chi connectivity index (χ0) is 37.4. The van der Waals surface area contributed by atoms with Crippen molar-refractivity contribution in [2.75, 3.05) is 11.4 Å². The van der Waals surface area contributed by atoms with Crippen LogP contribution in [0.15, 0.2) is 193 Å². The molecular weight excluding hydrogens is 715 g/mol. The van der Waals surface area contributed by atoms with Gasteiger partial charge in [-0.1, -0.05) is 139 Å². The summed E-state index contributed by atoms with van der Waals surface area (Å²) in [6, 6.07) is 57.7. The molecule has 266 valence electrons. The lowest BCUT2D eigenvalue weighted by Gasteiger charge is -2.30. The second kappa shape index (κ2) is 14.7. The first-order valence-electron chi connectivity index (χ1n) is 19.1. The van der Waals surface area contributed by atoms with Crippen molar-refractivity contribution < 1.29 is 0 Å². The van der Waals surface area contributed by atoms with Crippen LogP contribution in [0.4, 0.5) is 11.4 Å². The highest BCUT2D eigenvalue weighted by Gasteiger charge is 2.30. The van der Waals surface area contributed by atoms with Gasteiger partial charge in [-0.15, -0.1) is 29.5 Å². The van der Waals surface area contributed by atoms with Crippen molar-refractivity contribution in [3.05, 3.63) is 205 Å². The molecule has 0 saturated heterocycles. The van der Waals surface area contributed by atoms with E-state index in [-0.39, 0.29) is 0 Å². The number of hydrogen-bond acceptors (Lipinski definition) is 3. The highest BCUT2D eigenvalue weighted by Crippen LogP contribution is 2.50. The van der Waals surface area contributed by atoms with E-state index in [1.807, 2.05) is 29.2 Å². The van der Waals surface area contributed by atoms with Crippen LogP contribution in [0.2, 0.25) is 0 Å². The number of hydrogen-bond donors (Lipinski definition) is 0. The lowest BCUT2D eigenvalue weighted by atomic mass is 9.89. The molecule has 1 aliphatic heterocycles. The summed E-state index contributed by atoms with van der Waals surface area (Å²) in [7, 11) is 0. The van der Waals surface area contributed by atoms with Crippen molar-refractivity contribution in [2.24, 2.45) is 0 Å². The van der Waals surface area contributed by atoms with Gasteiger partial charge in [-0.3, -0.25) is 0 Å². The second-order valence-corrected chi connectivity index (χ2v) is 16.6. The largest absolute Gasteiger partial charge is 0.336 e. The predicted octanol–water partition coefficient (Wildman–Crippen LogP) is 14.6. The fourth-order valence-electron chi connectivity index (χ4n) is 8.34. The van der Waals surface area contributed by atoms with E-state index in [0.717, 1.165) is 17.8 Å². The van der Waals surface area contributed by atoms with E-state index in [1.165, 1.54) is 80.4 Å². The number of fused-ring (bicyclic) bond motifs is 7. The standard InChI is InChI=1S/C53H37NS2/c1-2-3-4-16-40(43-24-14-17-36-15-5-6-20-42(36)43)35-54(41-19-13-18-37(32-41)38-28-30-52-47(33-38)45-22-8-11-26-50(45)55-52)49-25-10-7-21-44(49)39-29-31-53-48(34-39)46-23-9-12-27-51(46)56-53/h1,3-30,32-34,53H,31,35H2/b4-3-,40-16+. The van der Waals surface area contributed by atoms with Gasteiger partial charge in [-0.2, -0.15) is 0 Å². The van der Waals surface area contributed by atoms with Gasteiger partial charge in [0.15, 0.2) is 0 Å². The minimum absolute atomic E-state index is 0.456. The Kier molecular flexibility index (Phi) is 9.00. The third-order valence-electron chi connectivity index (χ3n) is 11.0. The van der Waals surface area contributed by atoms with Gasteiger partial charge in [0.2, 0.25) is 0 Å². The quantitative estimate of drug-likeness (QED) is 0.112. The molecule has 1 atom stereocenters. The first-order valence-corrected chi connectivity index (χ1v) is 20.8. The monoisotopic (exact) mass is 751 g/mol. The number of thioether (sulfide) groups is 1. The number of thiophene rings is 1. The summed E-state index contributed by atoms with van der Waals surface area (Å²) < 4.78 is 2.63. The Balaban J connectivity index is 1.13. The molecule has 1 unspecified atom stereocenters. The van der Waals surface area contributed by atoms with Crippen molar-refractivity contribution in [3.8, 4) is 23.5 Å². The van der Waals surface area contributed by atoms with Gasteiger partial charge in [0.1, 0.15) is 0 Å². The summed E-state index contributed by atoms with van der Waals surface area (Å²) in [5.74, 6) is 2.70. The predicted molar refractivity (Wildman–Crippen MR) is 245 cm³/mol. The van der Waals surface area contributed by atoms with Gasteiger partial charge in [0, 0.05) is 53.8 Å². The van der Waals surface area contributed by atoms with E-state index in [9.17, 15) is 0 Å². The molecule has 1 aromatic heterocycles. The Morgan fingerprint density at radius 2 is 1.45 bits per heavy atom. The number of terminal acetylenes is 1. The van der Waals surface area contributed by atoms with E-state index in [0.29, 0.717) is 11.8 Å². The van der Waals surface area contributed by atoms with Crippen LogP contribution in [0.25, 0.3) is 58.8 Å². The smallest absolute Gasteiger partial charge is 0.0493 e. The molecule has 2 heterocycles. The molecule has 10 rings (SSSR count). The van der Waals surface area contributed by atoms with Crippen LogP contribution < -0.4 is 4.90 Å². The van der Waals surface area contributed by atoms with Crippen LogP contribution in [-0.4, -0.2) is 11.8 Å². The summed E-state index contributed by atoms with van der Waals surface area (Å²) in [4.78, 5) is 3.88. The summed E-state index contributed by atoms with van der Waals surface area (Å²) >= 11 is 3.85. The summed E-state index contributed by atoms with van der Waals surface area (Å²) in [5, 5.41) is 5.51. The van der Waals surface area contributed by atoms with Crippen LogP contribution >= 0.6 is 23.1 Å². The van der Waals surface area contributed by atoms with Crippen molar-refractivity contribution in [1.29, 1.82) is 0 Å². The normalized spacial score (nSPS) is 15.1. The lowest BCUT2D eigenvalue weighted by Crippen LogP contribution is -2.21. The second-order valence-electron chi connectivity index (χ2n) is 14.3. The molecular formula is C53H37NS2. The zero-order valence-corrected chi connectivity index (χ0v) is 32.4. The molecule has 8 aromatic rings. The SMILES string of the molecule is C#C/C=C\C=C(/CN(c1cccc(-c2ccc3sc4ccccc4c3c2)c1)c1ccccc1C1=CCC2Sc3ccccc3C2=C1)c1cccc2ccccc12. The molecule has 0 N–H and O–H groups in total. The van der Waals surface area contributed by atoms with E-state index < -0.39 is 0 Å². The Bertz CT molecular complexity index is 2980. The number of rotatable bonds is 8. The summed E-state index contributed by atoms with van der Waals surface area (Å²) in [6.07, 6.45) is 17.6. The van der Waals surface area contributed by atoms with Crippen LogP contribution in [-0.2, 0) is 0 Å². The number of benzene rings is 7. The topological polar surface area (TPSA) is 3.24 Å². The Morgan fingerprint density at radius 3 is 2.38 bits per heavy atom. The van der Waals surface area contributed by atoms with Crippen molar-refractivity contribution in [2.45, 2.75) is 16.6 Å². The van der Waals surface area contributed by atoms with Gasteiger partial charge in [0.05, 0.1) is 0 Å². The van der Waals surface area contributed by atoms with Gasteiger partial charge in [-0.25, -0.2) is 0 Å². The van der Waals surface area contributed by atoms with E-state index >= 15 is 0 Å². The Hall–Kier alpha value is -6.31. The molecule has 0 bridgehead atoms. The van der Waals surface area contributed by atoms with Crippen LogP contribution in [0.1, 0.15) is 23.1 Å². The minimum atomic E-state index is 0.456. The number of para-hydroxylation sites is 1. The van der Waals surface area contributed by atoms with E-state index in [1.54, 1.807) is 6.08 Å². The van der Waals surface area contributed by atoms with Gasteiger partial charge in [0.25, 0.3) is 0 Å². The number of nitrogens with zero attached hydrogens (tertiary/aromatic N) is 1. The molecule has 3 heteroatoms. The maximum absolute atomic E-state index is 5.74. The molecule has 7 aromatic carbocycles. The maximum atomic E-state index is 5.74. The van der Waals surface area contributed by atoms with Gasteiger partial charge >= 0.3 is 0 Å². The lowest BCUT2D eigenvalue weighted by molar-refractivity contribution is 1.08. The zero-order valence-electron chi connectivity index (χ0n) is 30.7. The molecule has 0 fully saturated rings. The average molecular weight is 752 g/mol. The third-order valence-corrected chi connectivity index (χ3v) is 13.5. The average Bonchev–Trinajstić information content (AvgIpc) is 3.82. The molecule has 1 aliphatic carbocycles. The fraction of sp³-hybridized carbons (Fsp3) is 0.0566. The highest BCUT2D eigenvalue weighted by atomic mass is 32.2. The van der Waals surface area contributed by atoms with E-state index in [2.05, 4.69) is 187 Å². The summed E-state index contributed by atoms with van der Waals surface area (Å²) in [6.45, 7) is 0.628. The Morgan fingerprint density at radius 1 is 0.696 bits per heavy atom.